The molecule has 0 spiro atoms. The molecule has 0 aliphatic carbocycles. The fraction of sp³-hybridized carbons (Fsp3) is 0.500. The van der Waals surface area contributed by atoms with Crippen molar-refractivity contribution in [2.45, 2.75) is 44.2 Å². The summed E-state index contributed by atoms with van der Waals surface area (Å²) in [6, 6.07) is -0.159. The van der Waals surface area contributed by atoms with Gasteiger partial charge in [-0.2, -0.15) is 0 Å². The van der Waals surface area contributed by atoms with Gasteiger partial charge in [-0.25, -0.2) is 4.98 Å². The maximum Gasteiger partial charge on any atom is 0.323 e. The number of aliphatic carboxylic acids is 1. The van der Waals surface area contributed by atoms with Crippen LogP contribution in [-0.2, 0) is 4.79 Å². The fourth-order valence-corrected chi connectivity index (χ4v) is 4.05. The zero-order valence-electron chi connectivity index (χ0n) is 13.1. The van der Waals surface area contributed by atoms with Crippen LogP contribution in [0.1, 0.15) is 50.0 Å². The van der Waals surface area contributed by atoms with Gasteiger partial charge in [-0.05, 0) is 18.8 Å². The molecule has 0 bridgehead atoms. The minimum atomic E-state index is -0.954. The van der Waals surface area contributed by atoms with Crippen molar-refractivity contribution in [3.8, 4) is 0 Å². The predicted octanol–water partition coefficient (Wildman–Crippen LogP) is 2.62. The van der Waals surface area contributed by atoms with Gasteiger partial charge in [-0.1, -0.05) is 13.8 Å². The molecule has 1 fully saturated rings. The zero-order chi connectivity index (χ0) is 16.4. The summed E-state index contributed by atoms with van der Waals surface area (Å²) in [6.45, 7) is 4.08. The van der Waals surface area contributed by atoms with Crippen LogP contribution in [0, 0.1) is 5.92 Å². The van der Waals surface area contributed by atoms with E-state index in [1.54, 1.807) is 24.1 Å². The number of aromatic nitrogens is 3. The first-order valence-electron chi connectivity index (χ1n) is 7.67. The second kappa shape index (κ2) is 6.33. The Kier molecular flexibility index (Phi) is 4.41. The van der Waals surface area contributed by atoms with Crippen LogP contribution in [0.15, 0.2) is 29.5 Å². The van der Waals surface area contributed by atoms with E-state index in [0.29, 0.717) is 12.8 Å². The molecule has 0 amide bonds. The van der Waals surface area contributed by atoms with Gasteiger partial charge in [0.2, 0.25) is 0 Å². The Labute approximate surface area is 139 Å². The highest BCUT2D eigenvalue weighted by atomic mass is 32.1. The lowest BCUT2D eigenvalue weighted by Gasteiger charge is -2.27. The summed E-state index contributed by atoms with van der Waals surface area (Å²) in [6.07, 6.45) is 6.05. The number of carboxylic acid groups (broad SMARTS) is 1. The summed E-state index contributed by atoms with van der Waals surface area (Å²) >= 11 is 1.51. The number of thiazole rings is 1. The molecule has 1 aliphatic heterocycles. The van der Waals surface area contributed by atoms with Gasteiger partial charge in [0.1, 0.15) is 5.54 Å². The number of carboxylic acids is 1. The van der Waals surface area contributed by atoms with Gasteiger partial charge in [0.15, 0.2) is 0 Å². The van der Waals surface area contributed by atoms with Gasteiger partial charge in [0.05, 0.1) is 22.9 Å². The fourth-order valence-electron chi connectivity index (χ4n) is 3.46. The van der Waals surface area contributed by atoms with Crippen LogP contribution < -0.4 is 5.32 Å². The van der Waals surface area contributed by atoms with Crippen molar-refractivity contribution in [2.24, 2.45) is 5.92 Å². The largest absolute Gasteiger partial charge is 0.480 e. The van der Waals surface area contributed by atoms with E-state index < -0.39 is 11.5 Å². The molecule has 3 atom stereocenters. The van der Waals surface area contributed by atoms with Gasteiger partial charge in [0, 0.05) is 29.9 Å². The summed E-state index contributed by atoms with van der Waals surface area (Å²) in [4.78, 5) is 25.0. The summed E-state index contributed by atoms with van der Waals surface area (Å²) < 4.78 is 0. The Balaban J connectivity index is 2.00. The molecule has 6 nitrogen and oxygen atoms in total. The average Bonchev–Trinajstić information content (AvgIpc) is 3.15. The molecule has 0 radical (unpaired) electrons. The summed E-state index contributed by atoms with van der Waals surface area (Å²) in [5.41, 5.74) is 2.50. The Morgan fingerprint density at radius 2 is 2.26 bits per heavy atom. The molecule has 122 valence electrons. The second-order valence-electron chi connectivity index (χ2n) is 6.46. The summed E-state index contributed by atoms with van der Waals surface area (Å²) in [7, 11) is 0. The first kappa shape index (κ1) is 16.0. The van der Waals surface area contributed by atoms with Crippen molar-refractivity contribution in [3.63, 3.8) is 0 Å². The quantitative estimate of drug-likeness (QED) is 0.875. The van der Waals surface area contributed by atoms with Crippen molar-refractivity contribution in [3.05, 3.63) is 40.9 Å². The Hall–Kier alpha value is -1.86. The average molecular weight is 332 g/mol. The minimum Gasteiger partial charge on any atom is -0.480 e. The van der Waals surface area contributed by atoms with Crippen molar-refractivity contribution in [1.29, 1.82) is 0 Å². The van der Waals surface area contributed by atoms with Crippen LogP contribution in [0.25, 0.3) is 0 Å². The monoisotopic (exact) mass is 332 g/mol. The lowest BCUT2D eigenvalue weighted by atomic mass is 9.83. The number of hydrogen-bond donors (Lipinski definition) is 2. The first-order valence-corrected chi connectivity index (χ1v) is 8.61. The van der Waals surface area contributed by atoms with Gasteiger partial charge in [-0.3, -0.25) is 20.1 Å². The third-order valence-corrected chi connectivity index (χ3v) is 4.91. The maximum atomic E-state index is 12.0. The topological polar surface area (TPSA) is 88.0 Å². The van der Waals surface area contributed by atoms with Crippen LogP contribution in [0.4, 0.5) is 0 Å². The number of nitrogens with zero attached hydrogens (tertiary/aromatic N) is 3. The van der Waals surface area contributed by atoms with E-state index in [9.17, 15) is 9.90 Å². The SMILES string of the molecule is CC(C)C[C@@]1(C(=O)O)C[C@H](c2cnccn2)[C@H](c2cscn2)N1. The molecule has 7 heteroatoms. The molecule has 3 rings (SSSR count). The van der Waals surface area contributed by atoms with Gasteiger partial charge in [-0.15, -0.1) is 11.3 Å². The maximum absolute atomic E-state index is 12.0. The minimum absolute atomic E-state index is 0.0550. The molecule has 1 aliphatic rings. The van der Waals surface area contributed by atoms with Crippen molar-refractivity contribution in [1.82, 2.24) is 20.3 Å². The third kappa shape index (κ3) is 3.11. The molecule has 23 heavy (non-hydrogen) atoms. The van der Waals surface area contributed by atoms with E-state index in [0.717, 1.165) is 11.4 Å². The van der Waals surface area contributed by atoms with E-state index in [1.807, 2.05) is 19.2 Å². The lowest BCUT2D eigenvalue weighted by Crippen LogP contribution is -2.49. The van der Waals surface area contributed by atoms with Crippen LogP contribution in [0.3, 0.4) is 0 Å². The molecule has 0 unspecified atom stereocenters. The highest BCUT2D eigenvalue weighted by Gasteiger charge is 2.52. The lowest BCUT2D eigenvalue weighted by molar-refractivity contribution is -0.145. The van der Waals surface area contributed by atoms with Crippen molar-refractivity contribution >= 4 is 17.3 Å². The normalized spacial score (nSPS) is 27.4. The van der Waals surface area contributed by atoms with Crippen molar-refractivity contribution in [2.75, 3.05) is 0 Å². The van der Waals surface area contributed by atoms with Crippen LogP contribution in [-0.4, -0.2) is 31.6 Å². The molecule has 1 saturated heterocycles. The van der Waals surface area contributed by atoms with Crippen LogP contribution in [0.2, 0.25) is 0 Å². The Morgan fingerprint density at radius 3 is 2.83 bits per heavy atom. The zero-order valence-corrected chi connectivity index (χ0v) is 14.0. The van der Waals surface area contributed by atoms with Crippen molar-refractivity contribution < 1.29 is 9.90 Å². The van der Waals surface area contributed by atoms with E-state index in [4.69, 9.17) is 0 Å². The summed E-state index contributed by atoms with van der Waals surface area (Å²) in [5.74, 6) is -0.589. The molecule has 0 aromatic carbocycles. The molecular formula is C16H20N4O2S. The first-order chi connectivity index (χ1) is 11.0. The molecule has 2 aromatic heterocycles. The van der Waals surface area contributed by atoms with Crippen LogP contribution >= 0.6 is 11.3 Å². The number of carbonyl (C=O) groups is 1. The molecular weight excluding hydrogens is 312 g/mol. The smallest absolute Gasteiger partial charge is 0.323 e. The molecule has 2 N–H and O–H groups in total. The van der Waals surface area contributed by atoms with Gasteiger partial charge < -0.3 is 5.11 Å². The highest BCUT2D eigenvalue weighted by molar-refractivity contribution is 7.07. The van der Waals surface area contributed by atoms with E-state index in [-0.39, 0.29) is 17.9 Å². The summed E-state index contributed by atoms with van der Waals surface area (Å²) in [5, 5.41) is 15.2. The van der Waals surface area contributed by atoms with Gasteiger partial charge >= 0.3 is 5.97 Å². The Bertz CT molecular complexity index is 662. The second-order valence-corrected chi connectivity index (χ2v) is 7.18. The molecule has 0 saturated carbocycles. The van der Waals surface area contributed by atoms with Gasteiger partial charge in [0.25, 0.3) is 0 Å². The van der Waals surface area contributed by atoms with E-state index in [1.165, 1.54) is 11.3 Å². The molecule has 2 aromatic rings. The number of hydrogen-bond acceptors (Lipinski definition) is 6. The standard InChI is InChI=1S/C16H20N4O2S/c1-10(2)5-16(15(21)22)6-11(12-7-17-3-4-18-12)14(20-16)13-8-23-9-19-13/h3-4,7-11,14,20H,5-6H2,1-2H3,(H,21,22)/t11-,14-,16+/m1/s1. The van der Waals surface area contributed by atoms with Crippen LogP contribution in [0.5, 0.6) is 0 Å². The van der Waals surface area contributed by atoms with E-state index in [2.05, 4.69) is 20.3 Å². The number of rotatable bonds is 5. The Morgan fingerprint density at radius 1 is 1.43 bits per heavy atom. The highest BCUT2D eigenvalue weighted by Crippen LogP contribution is 2.45. The van der Waals surface area contributed by atoms with E-state index >= 15 is 0 Å². The molecule has 3 heterocycles. The number of nitrogens with one attached hydrogen (secondary N) is 1. The predicted molar refractivity (Wildman–Crippen MR) is 87.2 cm³/mol. The third-order valence-electron chi connectivity index (χ3n) is 4.30.